The summed E-state index contributed by atoms with van der Waals surface area (Å²) in [6.07, 6.45) is 3.27. The fourth-order valence-electron chi connectivity index (χ4n) is 2.84. The van der Waals surface area contributed by atoms with Crippen LogP contribution in [0.5, 0.6) is 0 Å². The molecule has 2 aliphatic rings. The van der Waals surface area contributed by atoms with Gasteiger partial charge >= 0.3 is 6.09 Å². The van der Waals surface area contributed by atoms with Gasteiger partial charge in [-0.15, -0.1) is 12.4 Å². The van der Waals surface area contributed by atoms with Crippen LogP contribution < -0.4 is 5.73 Å². The minimum absolute atomic E-state index is 0. The number of hydrogen-bond acceptors (Lipinski definition) is 3. The van der Waals surface area contributed by atoms with Crippen molar-refractivity contribution in [3.05, 3.63) is 0 Å². The van der Waals surface area contributed by atoms with E-state index in [1.165, 1.54) is 6.42 Å². The SMILES string of the molecule is CC(C)(C)OC(=O)N1CCC2(CC1)CC2CN.Cl. The summed E-state index contributed by atoms with van der Waals surface area (Å²) in [6, 6.07) is 0. The number of halogens is 1. The molecular weight excluding hydrogens is 252 g/mol. The normalized spacial score (nSPS) is 25.6. The number of rotatable bonds is 1. The van der Waals surface area contributed by atoms with E-state index in [1.807, 2.05) is 25.7 Å². The van der Waals surface area contributed by atoms with E-state index >= 15 is 0 Å². The van der Waals surface area contributed by atoms with Gasteiger partial charge in [-0.05, 0) is 57.9 Å². The molecule has 1 aliphatic carbocycles. The van der Waals surface area contributed by atoms with Crippen LogP contribution in [-0.2, 0) is 4.74 Å². The molecule has 0 radical (unpaired) electrons. The van der Waals surface area contributed by atoms with Crippen LogP contribution in [0.3, 0.4) is 0 Å². The molecule has 0 aromatic carbocycles. The number of amides is 1. The van der Waals surface area contributed by atoms with E-state index in [0.717, 1.165) is 32.5 Å². The Hall–Kier alpha value is -0.480. The molecule has 2 rings (SSSR count). The van der Waals surface area contributed by atoms with Gasteiger partial charge < -0.3 is 15.4 Å². The Labute approximate surface area is 116 Å². The van der Waals surface area contributed by atoms with Crippen LogP contribution in [0.25, 0.3) is 0 Å². The van der Waals surface area contributed by atoms with Crippen molar-refractivity contribution >= 4 is 18.5 Å². The number of carbonyl (C=O) groups excluding carboxylic acids is 1. The highest BCUT2D eigenvalue weighted by Gasteiger charge is 2.54. The standard InChI is InChI=1S/C13H24N2O2.ClH/c1-12(2,3)17-11(16)15-6-4-13(5-7-15)8-10(13)9-14;/h10H,4-9,14H2,1-3H3;1H. The fraction of sp³-hybridized carbons (Fsp3) is 0.923. The van der Waals surface area contributed by atoms with Gasteiger partial charge in [-0.25, -0.2) is 4.79 Å². The number of hydrogen-bond donors (Lipinski definition) is 1. The van der Waals surface area contributed by atoms with Gasteiger partial charge in [0.05, 0.1) is 0 Å². The quantitative estimate of drug-likeness (QED) is 0.800. The van der Waals surface area contributed by atoms with Gasteiger partial charge in [-0.1, -0.05) is 0 Å². The second kappa shape index (κ2) is 5.25. The molecular formula is C13H25ClN2O2. The van der Waals surface area contributed by atoms with Crippen molar-refractivity contribution in [2.45, 2.75) is 45.6 Å². The first kappa shape index (κ1) is 15.6. The molecule has 1 aliphatic heterocycles. The van der Waals surface area contributed by atoms with Gasteiger partial charge in [0.2, 0.25) is 0 Å². The van der Waals surface area contributed by atoms with Crippen LogP contribution in [0.15, 0.2) is 0 Å². The summed E-state index contributed by atoms with van der Waals surface area (Å²) in [5.41, 5.74) is 5.78. The highest BCUT2D eigenvalue weighted by Crippen LogP contribution is 2.58. The Kier molecular flexibility index (Phi) is 4.55. The lowest BCUT2D eigenvalue weighted by atomic mass is 9.91. The van der Waals surface area contributed by atoms with E-state index in [2.05, 4.69) is 0 Å². The van der Waals surface area contributed by atoms with Crippen molar-refractivity contribution in [2.24, 2.45) is 17.1 Å². The Morgan fingerprint density at radius 2 is 1.94 bits per heavy atom. The molecule has 4 nitrogen and oxygen atoms in total. The first-order valence-corrected chi connectivity index (χ1v) is 6.54. The van der Waals surface area contributed by atoms with Crippen molar-refractivity contribution in [1.29, 1.82) is 0 Å². The Morgan fingerprint density at radius 1 is 1.39 bits per heavy atom. The van der Waals surface area contributed by atoms with Gasteiger partial charge in [0.25, 0.3) is 0 Å². The van der Waals surface area contributed by atoms with Crippen LogP contribution in [-0.4, -0.2) is 36.2 Å². The summed E-state index contributed by atoms with van der Waals surface area (Å²) in [5, 5.41) is 0. The average molecular weight is 277 g/mol. The molecule has 2 fully saturated rings. The Bertz CT molecular complexity index is 307. The van der Waals surface area contributed by atoms with Gasteiger partial charge in [0, 0.05) is 13.1 Å². The molecule has 1 saturated heterocycles. The Balaban J connectivity index is 0.00000162. The zero-order chi connectivity index (χ0) is 12.7. The van der Waals surface area contributed by atoms with Gasteiger partial charge in [-0.3, -0.25) is 0 Å². The lowest BCUT2D eigenvalue weighted by molar-refractivity contribution is 0.0166. The molecule has 1 amide bonds. The number of piperidine rings is 1. The number of likely N-dealkylation sites (tertiary alicyclic amines) is 1. The molecule has 1 heterocycles. The van der Waals surface area contributed by atoms with Crippen molar-refractivity contribution < 1.29 is 9.53 Å². The maximum atomic E-state index is 11.9. The second-order valence-corrected chi connectivity index (χ2v) is 6.47. The zero-order valence-electron chi connectivity index (χ0n) is 11.6. The minimum Gasteiger partial charge on any atom is -0.444 e. The highest BCUT2D eigenvalue weighted by molar-refractivity contribution is 5.85. The first-order chi connectivity index (χ1) is 7.86. The van der Waals surface area contributed by atoms with Crippen LogP contribution >= 0.6 is 12.4 Å². The summed E-state index contributed by atoms with van der Waals surface area (Å²) in [7, 11) is 0. The second-order valence-electron chi connectivity index (χ2n) is 6.47. The Morgan fingerprint density at radius 3 is 2.33 bits per heavy atom. The topological polar surface area (TPSA) is 55.6 Å². The number of nitrogens with zero attached hydrogens (tertiary/aromatic N) is 1. The van der Waals surface area contributed by atoms with E-state index < -0.39 is 5.60 Å². The maximum Gasteiger partial charge on any atom is 0.410 e. The maximum absolute atomic E-state index is 11.9. The first-order valence-electron chi connectivity index (χ1n) is 6.54. The monoisotopic (exact) mass is 276 g/mol. The van der Waals surface area contributed by atoms with Crippen molar-refractivity contribution in [1.82, 2.24) is 4.90 Å². The number of carbonyl (C=O) groups is 1. The van der Waals surface area contributed by atoms with E-state index in [-0.39, 0.29) is 18.5 Å². The van der Waals surface area contributed by atoms with E-state index in [9.17, 15) is 4.79 Å². The van der Waals surface area contributed by atoms with E-state index in [0.29, 0.717) is 11.3 Å². The molecule has 0 bridgehead atoms. The summed E-state index contributed by atoms with van der Waals surface area (Å²) >= 11 is 0. The van der Waals surface area contributed by atoms with Crippen LogP contribution in [0.1, 0.15) is 40.0 Å². The van der Waals surface area contributed by atoms with Crippen molar-refractivity contribution in [3.8, 4) is 0 Å². The third kappa shape index (κ3) is 3.29. The van der Waals surface area contributed by atoms with E-state index in [1.54, 1.807) is 0 Å². The molecule has 1 spiro atoms. The smallest absolute Gasteiger partial charge is 0.410 e. The number of ether oxygens (including phenoxy) is 1. The summed E-state index contributed by atoms with van der Waals surface area (Å²) in [4.78, 5) is 13.7. The fourth-order valence-corrected chi connectivity index (χ4v) is 2.84. The van der Waals surface area contributed by atoms with Crippen LogP contribution in [0, 0.1) is 11.3 Å². The van der Waals surface area contributed by atoms with Gasteiger partial charge in [0.1, 0.15) is 5.60 Å². The van der Waals surface area contributed by atoms with E-state index in [4.69, 9.17) is 10.5 Å². The van der Waals surface area contributed by atoms with Crippen molar-refractivity contribution in [2.75, 3.05) is 19.6 Å². The van der Waals surface area contributed by atoms with Crippen molar-refractivity contribution in [3.63, 3.8) is 0 Å². The molecule has 106 valence electrons. The van der Waals surface area contributed by atoms with Gasteiger partial charge in [0.15, 0.2) is 0 Å². The zero-order valence-corrected chi connectivity index (χ0v) is 12.4. The lowest BCUT2D eigenvalue weighted by Crippen LogP contribution is -2.42. The molecule has 0 aromatic rings. The molecule has 0 aromatic heterocycles. The third-order valence-electron chi connectivity index (χ3n) is 4.05. The molecule has 1 atom stereocenters. The molecule has 18 heavy (non-hydrogen) atoms. The van der Waals surface area contributed by atoms with Crippen LogP contribution in [0.4, 0.5) is 4.79 Å². The summed E-state index contributed by atoms with van der Waals surface area (Å²) < 4.78 is 5.38. The highest BCUT2D eigenvalue weighted by atomic mass is 35.5. The predicted molar refractivity (Wildman–Crippen MR) is 73.9 cm³/mol. The lowest BCUT2D eigenvalue weighted by Gasteiger charge is -2.34. The summed E-state index contributed by atoms with van der Waals surface area (Å²) in [6.45, 7) is 8.16. The molecule has 1 saturated carbocycles. The predicted octanol–water partition coefficient (Wildman–Crippen LogP) is 2.40. The molecule has 5 heteroatoms. The summed E-state index contributed by atoms with van der Waals surface area (Å²) in [5.74, 6) is 0.697. The molecule has 2 N–H and O–H groups in total. The third-order valence-corrected chi connectivity index (χ3v) is 4.05. The number of nitrogens with two attached hydrogens (primary N) is 1. The largest absolute Gasteiger partial charge is 0.444 e. The van der Waals surface area contributed by atoms with Gasteiger partial charge in [-0.2, -0.15) is 0 Å². The average Bonchev–Trinajstić information content (AvgIpc) is 2.90. The minimum atomic E-state index is -0.397. The van der Waals surface area contributed by atoms with Crippen LogP contribution in [0.2, 0.25) is 0 Å². The molecule has 1 unspecified atom stereocenters.